The summed E-state index contributed by atoms with van der Waals surface area (Å²) in [5.41, 5.74) is -1.02. The van der Waals surface area contributed by atoms with E-state index in [-0.39, 0.29) is 12.0 Å². The van der Waals surface area contributed by atoms with E-state index in [1.54, 1.807) is 6.08 Å². The Labute approximate surface area is 69.0 Å². The molecule has 0 fully saturated rings. The van der Waals surface area contributed by atoms with E-state index in [2.05, 4.69) is 4.99 Å². The van der Waals surface area contributed by atoms with Crippen molar-refractivity contribution < 1.29 is 13.2 Å². The van der Waals surface area contributed by atoms with E-state index >= 15 is 0 Å². The Balaban J connectivity index is 2.78. The first kappa shape index (κ1) is 9.29. The summed E-state index contributed by atoms with van der Waals surface area (Å²) in [5.74, 6) is 0. The van der Waals surface area contributed by atoms with Crippen LogP contribution in [0.15, 0.2) is 17.1 Å². The fourth-order valence-corrected chi connectivity index (χ4v) is 0.883. The van der Waals surface area contributed by atoms with Crippen molar-refractivity contribution in [3.63, 3.8) is 0 Å². The van der Waals surface area contributed by atoms with E-state index in [0.717, 1.165) is 6.08 Å². The van der Waals surface area contributed by atoms with Crippen LogP contribution < -0.4 is 0 Å². The van der Waals surface area contributed by atoms with Gasteiger partial charge in [-0.1, -0.05) is 19.9 Å². The summed E-state index contributed by atoms with van der Waals surface area (Å²) in [7, 11) is 0. The molecule has 0 N–H and O–H groups in total. The molecule has 1 aliphatic rings. The van der Waals surface area contributed by atoms with Crippen LogP contribution in [0.5, 0.6) is 0 Å². The third-order valence-electron chi connectivity index (χ3n) is 1.64. The molecule has 0 saturated heterocycles. The van der Waals surface area contributed by atoms with E-state index in [9.17, 15) is 13.2 Å². The molecule has 0 aliphatic carbocycles. The molecule has 4 heteroatoms. The van der Waals surface area contributed by atoms with Gasteiger partial charge in [-0.2, -0.15) is 13.2 Å². The lowest BCUT2D eigenvalue weighted by molar-refractivity contribution is -0.0581. The Morgan fingerprint density at radius 1 is 1.42 bits per heavy atom. The van der Waals surface area contributed by atoms with Crippen molar-refractivity contribution in [3.8, 4) is 0 Å². The normalized spacial score (nSPS) is 22.2. The highest BCUT2D eigenvalue weighted by atomic mass is 19.4. The monoisotopic (exact) mass is 177 g/mol. The van der Waals surface area contributed by atoms with Gasteiger partial charge in [0.25, 0.3) is 0 Å². The van der Waals surface area contributed by atoms with E-state index < -0.39 is 11.9 Å². The van der Waals surface area contributed by atoms with Gasteiger partial charge in [0.2, 0.25) is 0 Å². The molecule has 0 saturated carbocycles. The topological polar surface area (TPSA) is 12.4 Å². The van der Waals surface area contributed by atoms with Crippen molar-refractivity contribution in [1.82, 2.24) is 0 Å². The number of halogens is 3. The van der Waals surface area contributed by atoms with Crippen LogP contribution in [0.25, 0.3) is 0 Å². The summed E-state index contributed by atoms with van der Waals surface area (Å²) < 4.78 is 36.0. The Morgan fingerprint density at radius 3 is 2.33 bits per heavy atom. The van der Waals surface area contributed by atoms with Crippen molar-refractivity contribution in [3.05, 3.63) is 12.2 Å². The van der Waals surface area contributed by atoms with Gasteiger partial charge in [0.15, 0.2) is 0 Å². The molecular formula is C8H10F3N. The van der Waals surface area contributed by atoms with Crippen molar-refractivity contribution in [1.29, 1.82) is 0 Å². The summed E-state index contributed by atoms with van der Waals surface area (Å²) in [6, 6.07) is 0. The number of hydrogen-bond acceptors (Lipinski definition) is 1. The Hall–Kier alpha value is -0.800. The van der Waals surface area contributed by atoms with E-state index in [1.807, 2.05) is 13.8 Å². The summed E-state index contributed by atoms with van der Waals surface area (Å²) in [5, 5.41) is 0. The Kier molecular flexibility index (Phi) is 2.02. The lowest BCUT2D eigenvalue weighted by atomic mass is 9.91. The van der Waals surface area contributed by atoms with Crippen molar-refractivity contribution in [2.75, 3.05) is 6.54 Å². The zero-order valence-corrected chi connectivity index (χ0v) is 6.94. The second-order valence-corrected chi connectivity index (χ2v) is 3.52. The van der Waals surface area contributed by atoms with Gasteiger partial charge in [0, 0.05) is 12.0 Å². The summed E-state index contributed by atoms with van der Waals surface area (Å²) in [6.45, 7) is 3.90. The SMILES string of the molecule is CC1(C)C=CC(C(F)(F)F)=NC1. The third-order valence-corrected chi connectivity index (χ3v) is 1.64. The van der Waals surface area contributed by atoms with Gasteiger partial charge in [-0.15, -0.1) is 0 Å². The summed E-state index contributed by atoms with van der Waals surface area (Å²) in [6.07, 6.45) is -1.71. The van der Waals surface area contributed by atoms with Crippen molar-refractivity contribution in [2.24, 2.45) is 10.4 Å². The minimum Gasteiger partial charge on any atom is -0.280 e. The lowest BCUT2D eigenvalue weighted by Crippen LogP contribution is -2.27. The molecule has 68 valence electrons. The molecule has 0 spiro atoms. The fraction of sp³-hybridized carbons (Fsp3) is 0.625. The average molecular weight is 177 g/mol. The second-order valence-electron chi connectivity index (χ2n) is 3.52. The number of allylic oxidation sites excluding steroid dienone is 1. The van der Waals surface area contributed by atoms with Crippen LogP contribution in [-0.2, 0) is 0 Å². The van der Waals surface area contributed by atoms with Crippen LogP contribution in [0.1, 0.15) is 13.8 Å². The van der Waals surface area contributed by atoms with Gasteiger partial charge >= 0.3 is 6.18 Å². The molecule has 0 bridgehead atoms. The number of nitrogens with zero attached hydrogens (tertiary/aromatic N) is 1. The number of aliphatic imine (C=N–C) groups is 1. The Bertz CT molecular complexity index is 235. The first-order valence-corrected chi connectivity index (χ1v) is 3.62. The quantitative estimate of drug-likeness (QED) is 0.539. The second kappa shape index (κ2) is 2.61. The molecule has 0 amide bonds. The molecule has 1 heterocycles. The molecule has 0 radical (unpaired) electrons. The number of hydrogen-bond donors (Lipinski definition) is 0. The molecule has 1 aliphatic heterocycles. The number of dihydropyridines is 1. The first-order chi connectivity index (χ1) is 5.31. The van der Waals surface area contributed by atoms with E-state index in [0.29, 0.717) is 0 Å². The van der Waals surface area contributed by atoms with Crippen LogP contribution in [-0.4, -0.2) is 18.4 Å². The highest BCUT2D eigenvalue weighted by Crippen LogP contribution is 2.26. The molecule has 0 atom stereocenters. The van der Waals surface area contributed by atoms with Gasteiger partial charge < -0.3 is 0 Å². The lowest BCUT2D eigenvalue weighted by Gasteiger charge is -2.22. The van der Waals surface area contributed by atoms with E-state index in [4.69, 9.17) is 0 Å². The standard InChI is InChI=1S/C8H10F3N/c1-7(2)4-3-6(12-5-7)8(9,10)11/h3-4H,5H2,1-2H3. The number of rotatable bonds is 0. The van der Waals surface area contributed by atoms with Gasteiger partial charge in [-0.05, 0) is 6.08 Å². The van der Waals surface area contributed by atoms with Gasteiger partial charge in [-0.25, -0.2) is 0 Å². The molecule has 1 nitrogen and oxygen atoms in total. The van der Waals surface area contributed by atoms with Crippen LogP contribution in [0.4, 0.5) is 13.2 Å². The van der Waals surface area contributed by atoms with Crippen molar-refractivity contribution in [2.45, 2.75) is 20.0 Å². The predicted molar refractivity (Wildman–Crippen MR) is 41.3 cm³/mol. The van der Waals surface area contributed by atoms with E-state index in [1.165, 1.54) is 0 Å². The molecular weight excluding hydrogens is 167 g/mol. The largest absolute Gasteiger partial charge is 0.432 e. The third kappa shape index (κ3) is 2.09. The van der Waals surface area contributed by atoms with Crippen LogP contribution >= 0.6 is 0 Å². The van der Waals surface area contributed by atoms with Gasteiger partial charge in [0.05, 0.1) is 0 Å². The zero-order chi connectivity index (χ0) is 9.41. The molecule has 0 aromatic carbocycles. The maximum Gasteiger partial charge on any atom is 0.432 e. The zero-order valence-electron chi connectivity index (χ0n) is 6.94. The number of alkyl halides is 3. The average Bonchev–Trinajstić information content (AvgIpc) is 1.83. The maximum atomic E-state index is 12.0. The van der Waals surface area contributed by atoms with Gasteiger partial charge in [-0.3, -0.25) is 4.99 Å². The van der Waals surface area contributed by atoms with Crippen LogP contribution in [0, 0.1) is 5.41 Å². The van der Waals surface area contributed by atoms with Crippen LogP contribution in [0.2, 0.25) is 0 Å². The fourth-order valence-electron chi connectivity index (χ4n) is 0.883. The first-order valence-electron chi connectivity index (χ1n) is 3.62. The van der Waals surface area contributed by atoms with Crippen LogP contribution in [0.3, 0.4) is 0 Å². The van der Waals surface area contributed by atoms with Crippen molar-refractivity contribution >= 4 is 5.71 Å². The maximum absolute atomic E-state index is 12.0. The highest BCUT2D eigenvalue weighted by Gasteiger charge is 2.35. The molecule has 0 aromatic heterocycles. The van der Waals surface area contributed by atoms with Gasteiger partial charge in [0.1, 0.15) is 5.71 Å². The molecule has 0 aromatic rings. The minimum absolute atomic E-state index is 0.207. The summed E-state index contributed by atoms with van der Waals surface area (Å²) in [4.78, 5) is 3.46. The smallest absolute Gasteiger partial charge is 0.280 e. The molecule has 12 heavy (non-hydrogen) atoms. The Morgan fingerprint density at radius 2 is 2.00 bits per heavy atom. The predicted octanol–water partition coefficient (Wildman–Crippen LogP) is 2.59. The molecule has 0 unspecified atom stereocenters. The minimum atomic E-state index is -4.30. The highest BCUT2D eigenvalue weighted by molar-refractivity contribution is 6.00. The summed E-state index contributed by atoms with van der Waals surface area (Å²) >= 11 is 0. The molecule has 1 rings (SSSR count).